The highest BCUT2D eigenvalue weighted by Crippen LogP contribution is 2.52. The van der Waals surface area contributed by atoms with E-state index in [0.717, 1.165) is 0 Å². The van der Waals surface area contributed by atoms with E-state index in [1.165, 1.54) is 18.1 Å². The van der Waals surface area contributed by atoms with Gasteiger partial charge in [-0.05, 0) is 74.2 Å². The van der Waals surface area contributed by atoms with E-state index in [1.807, 2.05) is 0 Å². The first-order valence-corrected chi connectivity index (χ1v) is 15.0. The number of ether oxygens (including phenoxy) is 1. The number of methoxy groups -OCH3 is 1. The van der Waals surface area contributed by atoms with Crippen molar-refractivity contribution in [2.24, 2.45) is 29.4 Å². The number of hydrogen-bond acceptors (Lipinski definition) is 11. The number of Topliss-reactive ketones (excluding diaryl/α,β-unsaturated/α-hetero) is 3. The summed E-state index contributed by atoms with van der Waals surface area (Å²) in [5.74, 6) is -11.0. The van der Waals surface area contributed by atoms with Gasteiger partial charge in [0, 0.05) is 17.5 Å². The highest BCUT2D eigenvalue weighted by molar-refractivity contribution is 6.25. The number of fused-ring (bicyclic) bond motifs is 3. The molecule has 244 valence electrons. The number of esters is 1. The van der Waals surface area contributed by atoms with Crippen molar-refractivity contribution >= 4 is 35.1 Å². The standard InChI is InChI=1S/C33H37N3O10/c1-5-20(32(44)46-4)35-31(43)15-8-6-7-14(11-15)17-9-10-21(37)23-18(17)12-16-13-19-25(36(2)3)27(39)24(30(34)42)29(41)33(19,45)28(40)22(16)26(23)38/h6-11,16,19-20,22,24-25,27,37,39,45H,5,12-13H2,1-4H3,(H2,34,42)(H,35,43)/t16-,19-,20?,22?,24?,25?,27?,33-/m1/s1. The molecule has 0 spiro atoms. The molecule has 0 bridgehead atoms. The lowest BCUT2D eigenvalue weighted by molar-refractivity contribution is -0.190. The molecule has 2 amide bonds. The van der Waals surface area contributed by atoms with Gasteiger partial charge in [0.15, 0.2) is 23.0 Å². The Morgan fingerprint density at radius 3 is 2.43 bits per heavy atom. The minimum atomic E-state index is -2.75. The molecular formula is C33H37N3O10. The van der Waals surface area contributed by atoms with Gasteiger partial charge in [-0.2, -0.15) is 0 Å². The van der Waals surface area contributed by atoms with Crippen LogP contribution in [-0.2, 0) is 30.3 Å². The van der Waals surface area contributed by atoms with Gasteiger partial charge in [-0.1, -0.05) is 25.1 Å². The second kappa shape index (κ2) is 12.0. The molecule has 2 saturated carbocycles. The zero-order valence-corrected chi connectivity index (χ0v) is 25.9. The maximum absolute atomic E-state index is 14.1. The number of primary amides is 1. The number of hydrogen-bond donors (Lipinski definition) is 5. The Hall–Kier alpha value is -4.46. The minimum Gasteiger partial charge on any atom is -0.507 e. The number of rotatable bonds is 7. The van der Waals surface area contributed by atoms with Crippen molar-refractivity contribution in [1.29, 1.82) is 0 Å². The van der Waals surface area contributed by atoms with E-state index < -0.39 is 88.3 Å². The van der Waals surface area contributed by atoms with Crippen LogP contribution in [0.25, 0.3) is 11.1 Å². The Balaban J connectivity index is 1.56. The molecule has 46 heavy (non-hydrogen) atoms. The van der Waals surface area contributed by atoms with Crippen LogP contribution in [0.3, 0.4) is 0 Å². The van der Waals surface area contributed by atoms with Crippen LogP contribution in [0.15, 0.2) is 36.4 Å². The van der Waals surface area contributed by atoms with Gasteiger partial charge in [-0.15, -0.1) is 0 Å². The van der Waals surface area contributed by atoms with Crippen molar-refractivity contribution in [3.8, 4) is 16.9 Å². The number of phenols is 1. The SMILES string of the molecule is CCC(NC(=O)c1cccc(-c2ccc(O)c3c2C[C@@H]2C[C@@H]4C(N(C)C)C(O)C(C(N)=O)C(=O)[C@]4(O)C(=O)C2C3=O)c1)C(=O)OC. The molecule has 2 aromatic rings. The summed E-state index contributed by atoms with van der Waals surface area (Å²) < 4.78 is 4.75. The van der Waals surface area contributed by atoms with Gasteiger partial charge in [0.25, 0.3) is 5.91 Å². The van der Waals surface area contributed by atoms with Gasteiger partial charge in [0.1, 0.15) is 17.7 Å². The number of aliphatic hydroxyl groups is 2. The maximum Gasteiger partial charge on any atom is 0.328 e. The lowest BCUT2D eigenvalue weighted by Gasteiger charge is -2.54. The fourth-order valence-corrected chi connectivity index (χ4v) is 7.63. The van der Waals surface area contributed by atoms with Crippen molar-refractivity contribution in [3.63, 3.8) is 0 Å². The Morgan fingerprint density at radius 2 is 1.83 bits per heavy atom. The summed E-state index contributed by atoms with van der Waals surface area (Å²) in [6, 6.07) is 7.50. The van der Waals surface area contributed by atoms with Crippen LogP contribution in [0, 0.1) is 23.7 Å². The molecule has 0 radical (unpaired) electrons. The number of carbonyl (C=O) groups is 6. The summed E-state index contributed by atoms with van der Waals surface area (Å²) in [5.41, 5.74) is 4.22. The molecular weight excluding hydrogens is 598 g/mol. The highest BCUT2D eigenvalue weighted by Gasteiger charge is 2.69. The van der Waals surface area contributed by atoms with Crippen LogP contribution in [0.1, 0.15) is 46.0 Å². The van der Waals surface area contributed by atoms with Crippen LogP contribution >= 0.6 is 0 Å². The number of likely N-dealkylation sites (N-methyl/N-ethyl adjacent to an activating group) is 1. The van der Waals surface area contributed by atoms with E-state index in [0.29, 0.717) is 23.1 Å². The van der Waals surface area contributed by atoms with Crippen molar-refractivity contribution in [3.05, 3.63) is 53.1 Å². The first-order chi connectivity index (χ1) is 21.7. The molecule has 5 unspecified atom stereocenters. The minimum absolute atomic E-state index is 0.0291. The van der Waals surface area contributed by atoms with Crippen molar-refractivity contribution < 1.29 is 48.8 Å². The second-order valence-electron chi connectivity index (χ2n) is 12.5. The molecule has 0 heterocycles. The Labute approximate surface area is 264 Å². The number of nitrogens with zero attached hydrogens (tertiary/aromatic N) is 1. The van der Waals surface area contributed by atoms with E-state index in [4.69, 9.17) is 10.5 Å². The number of aromatic hydroxyl groups is 1. The van der Waals surface area contributed by atoms with Crippen molar-refractivity contribution in [1.82, 2.24) is 10.2 Å². The molecule has 2 aromatic carbocycles. The molecule has 0 aromatic heterocycles. The third-order valence-corrected chi connectivity index (χ3v) is 9.81. The molecule has 8 atom stereocenters. The average molecular weight is 636 g/mol. The van der Waals surface area contributed by atoms with Gasteiger partial charge >= 0.3 is 5.97 Å². The first-order valence-electron chi connectivity index (χ1n) is 15.0. The number of phenolic OH excluding ortho intramolecular Hbond substituents is 1. The van der Waals surface area contributed by atoms with Gasteiger partial charge in [0.2, 0.25) is 5.91 Å². The van der Waals surface area contributed by atoms with E-state index in [-0.39, 0.29) is 24.0 Å². The van der Waals surface area contributed by atoms with Crippen LogP contribution in [0.4, 0.5) is 0 Å². The fraction of sp³-hybridized carbons (Fsp3) is 0.455. The van der Waals surface area contributed by atoms with Gasteiger partial charge in [-0.3, -0.25) is 24.0 Å². The topological polar surface area (TPSA) is 214 Å². The van der Waals surface area contributed by atoms with E-state index >= 15 is 0 Å². The van der Waals surface area contributed by atoms with Crippen molar-refractivity contribution in [2.75, 3.05) is 21.2 Å². The molecule has 0 aliphatic heterocycles. The molecule has 2 fully saturated rings. The van der Waals surface area contributed by atoms with Crippen LogP contribution in [0.2, 0.25) is 0 Å². The molecule has 13 nitrogen and oxygen atoms in total. The fourth-order valence-electron chi connectivity index (χ4n) is 7.63. The van der Waals surface area contributed by atoms with Gasteiger partial charge in [0.05, 0.1) is 24.7 Å². The number of carbonyl (C=O) groups excluding carboxylic acids is 6. The highest BCUT2D eigenvalue weighted by atomic mass is 16.5. The van der Waals surface area contributed by atoms with Crippen LogP contribution < -0.4 is 11.1 Å². The number of benzene rings is 2. The van der Waals surface area contributed by atoms with Gasteiger partial charge in [-0.25, -0.2) is 4.79 Å². The normalized spacial score (nSPS) is 29.3. The maximum atomic E-state index is 14.1. The predicted octanol–water partition coefficient (Wildman–Crippen LogP) is 0.00720. The Bertz CT molecular complexity index is 1650. The summed E-state index contributed by atoms with van der Waals surface area (Å²) in [4.78, 5) is 80.4. The van der Waals surface area contributed by atoms with Crippen LogP contribution in [-0.4, -0.2) is 100 Å². The Kier molecular flexibility index (Phi) is 8.62. The molecule has 13 heteroatoms. The number of ketones is 3. The number of nitrogens with two attached hydrogens (primary N) is 1. The average Bonchev–Trinajstić information content (AvgIpc) is 3.01. The third kappa shape index (κ3) is 4.99. The zero-order valence-electron chi connectivity index (χ0n) is 25.9. The second-order valence-corrected chi connectivity index (χ2v) is 12.5. The first kappa shape index (κ1) is 32.9. The smallest absolute Gasteiger partial charge is 0.328 e. The molecule has 5 rings (SSSR count). The van der Waals surface area contributed by atoms with Crippen LogP contribution in [0.5, 0.6) is 5.75 Å². The molecule has 0 saturated heterocycles. The largest absolute Gasteiger partial charge is 0.507 e. The van der Waals surface area contributed by atoms with Gasteiger partial charge < -0.3 is 36.0 Å². The molecule has 6 N–H and O–H groups in total. The molecule has 3 aliphatic carbocycles. The zero-order chi connectivity index (χ0) is 33.8. The number of nitrogens with one attached hydrogen (secondary N) is 1. The monoisotopic (exact) mass is 635 g/mol. The summed E-state index contributed by atoms with van der Waals surface area (Å²) in [6.07, 6.45) is -1.22. The number of amides is 2. The predicted molar refractivity (Wildman–Crippen MR) is 161 cm³/mol. The Morgan fingerprint density at radius 1 is 1.13 bits per heavy atom. The van der Waals surface area contributed by atoms with E-state index in [2.05, 4.69) is 5.32 Å². The molecule has 3 aliphatic rings. The lowest BCUT2D eigenvalue weighted by Crippen LogP contribution is -2.75. The third-order valence-electron chi connectivity index (χ3n) is 9.81. The van der Waals surface area contributed by atoms with Crippen molar-refractivity contribution in [2.45, 2.75) is 50.0 Å². The summed E-state index contributed by atoms with van der Waals surface area (Å²) in [7, 11) is 4.38. The van der Waals surface area contributed by atoms with E-state index in [9.17, 15) is 44.1 Å². The quantitative estimate of drug-likeness (QED) is 0.202. The summed E-state index contributed by atoms with van der Waals surface area (Å²) in [5, 5.41) is 36.3. The number of aliphatic hydroxyl groups excluding tert-OH is 1. The lowest BCUT2D eigenvalue weighted by atomic mass is 9.52. The summed E-state index contributed by atoms with van der Waals surface area (Å²) >= 11 is 0. The summed E-state index contributed by atoms with van der Waals surface area (Å²) in [6.45, 7) is 1.73. The van der Waals surface area contributed by atoms with E-state index in [1.54, 1.807) is 51.4 Å².